The zero-order valence-electron chi connectivity index (χ0n) is 8.22. The summed E-state index contributed by atoms with van der Waals surface area (Å²) in [7, 11) is 0. The van der Waals surface area contributed by atoms with Gasteiger partial charge in [0.1, 0.15) is 6.20 Å². The number of carbonyl (C=O) groups is 1. The van der Waals surface area contributed by atoms with E-state index in [4.69, 9.17) is 5.11 Å². The second kappa shape index (κ2) is 3.96. The third kappa shape index (κ3) is 1.93. The molecule has 0 atom stereocenters. The summed E-state index contributed by atoms with van der Waals surface area (Å²) in [5, 5.41) is 30.2. The minimum Gasteiger partial charge on any atom is -0.476 e. The van der Waals surface area contributed by atoms with Crippen LogP contribution in [0.2, 0.25) is 0 Å². The number of aromatic carboxylic acids is 1. The highest BCUT2D eigenvalue weighted by Gasteiger charge is 2.25. The van der Waals surface area contributed by atoms with Crippen LogP contribution in [-0.2, 0) is 0 Å². The van der Waals surface area contributed by atoms with Crippen LogP contribution < -0.4 is 0 Å². The molecule has 1 N–H and O–H groups in total. The maximum Gasteiger partial charge on any atom is 0.363 e. The molecule has 0 unspecified atom stereocenters. The Hall–Kier alpha value is -2.84. The second-order valence-corrected chi connectivity index (χ2v) is 2.95. The summed E-state index contributed by atoms with van der Waals surface area (Å²) in [6.07, 6.45) is 2.40. The van der Waals surface area contributed by atoms with Crippen molar-refractivity contribution in [3.05, 3.63) is 40.3 Å². The predicted molar refractivity (Wildman–Crippen MR) is 52.8 cm³/mol. The molecule has 9 nitrogen and oxygen atoms in total. The lowest BCUT2D eigenvalue weighted by atomic mass is 10.4. The van der Waals surface area contributed by atoms with Gasteiger partial charge in [0.05, 0.1) is 4.92 Å². The van der Waals surface area contributed by atoms with Crippen LogP contribution in [0.25, 0.3) is 5.82 Å². The van der Waals surface area contributed by atoms with E-state index in [-0.39, 0.29) is 5.82 Å². The molecule has 2 heterocycles. The van der Waals surface area contributed by atoms with Crippen LogP contribution in [-0.4, -0.2) is 36.0 Å². The molecular weight excluding hydrogens is 230 g/mol. The van der Waals surface area contributed by atoms with Crippen LogP contribution >= 0.6 is 0 Å². The highest BCUT2D eigenvalue weighted by Crippen LogP contribution is 2.18. The molecule has 86 valence electrons. The van der Waals surface area contributed by atoms with Crippen LogP contribution in [0.4, 0.5) is 5.69 Å². The summed E-state index contributed by atoms with van der Waals surface area (Å²) in [4.78, 5) is 20.6. The lowest BCUT2D eigenvalue weighted by molar-refractivity contribution is -0.385. The van der Waals surface area contributed by atoms with Gasteiger partial charge in [-0.25, -0.2) is 9.48 Å². The minimum absolute atomic E-state index is 0.197. The Bertz CT molecular complexity index is 547. The van der Waals surface area contributed by atoms with E-state index in [1.54, 1.807) is 6.07 Å². The van der Waals surface area contributed by atoms with E-state index in [9.17, 15) is 14.9 Å². The van der Waals surface area contributed by atoms with E-state index < -0.39 is 22.3 Å². The minimum atomic E-state index is -1.47. The molecule has 0 aliphatic heterocycles. The highest BCUT2D eigenvalue weighted by molar-refractivity contribution is 5.89. The smallest absolute Gasteiger partial charge is 0.363 e. The topological polar surface area (TPSA) is 124 Å². The predicted octanol–water partition coefficient (Wildman–Crippen LogP) is 0.269. The fourth-order valence-corrected chi connectivity index (χ4v) is 1.18. The van der Waals surface area contributed by atoms with Gasteiger partial charge in [-0.3, -0.25) is 10.1 Å². The number of nitrogens with zero attached hydrogens (tertiary/aromatic N) is 5. The van der Waals surface area contributed by atoms with E-state index in [0.29, 0.717) is 0 Å². The maximum atomic E-state index is 10.8. The van der Waals surface area contributed by atoms with Gasteiger partial charge in [0.15, 0.2) is 5.82 Å². The Morgan fingerprint density at radius 3 is 2.76 bits per heavy atom. The Kier molecular flexibility index (Phi) is 2.49. The number of nitro groups is 1. The molecule has 0 aromatic carbocycles. The zero-order chi connectivity index (χ0) is 12.4. The lowest BCUT2D eigenvalue weighted by Gasteiger charge is -1.95. The Morgan fingerprint density at radius 1 is 1.53 bits per heavy atom. The average molecular weight is 235 g/mol. The first-order valence-corrected chi connectivity index (χ1v) is 4.35. The molecule has 0 saturated carbocycles. The third-order valence-electron chi connectivity index (χ3n) is 1.89. The fourth-order valence-electron chi connectivity index (χ4n) is 1.18. The van der Waals surface area contributed by atoms with Gasteiger partial charge in [-0.15, -0.1) is 5.10 Å². The van der Waals surface area contributed by atoms with Crippen molar-refractivity contribution in [2.24, 2.45) is 0 Å². The molecule has 0 aliphatic rings. The molecule has 9 heteroatoms. The standard InChI is InChI=1S/C8H5N5O4/c14-8(15)7-5(13(16)17)4-12(11-7)6-2-1-3-9-10-6/h1-4H,(H,14,15). The molecule has 0 amide bonds. The SMILES string of the molecule is O=C(O)c1nn(-c2cccnn2)cc1[N+](=O)[O-]. The van der Waals surface area contributed by atoms with Crippen molar-refractivity contribution in [2.75, 3.05) is 0 Å². The highest BCUT2D eigenvalue weighted by atomic mass is 16.6. The fraction of sp³-hybridized carbons (Fsp3) is 0. The Balaban J connectivity index is 2.55. The third-order valence-corrected chi connectivity index (χ3v) is 1.89. The molecule has 0 saturated heterocycles. The molecule has 17 heavy (non-hydrogen) atoms. The molecule has 0 aliphatic carbocycles. The average Bonchev–Trinajstić information content (AvgIpc) is 2.75. The van der Waals surface area contributed by atoms with Crippen molar-refractivity contribution >= 4 is 11.7 Å². The number of hydrogen-bond acceptors (Lipinski definition) is 6. The van der Waals surface area contributed by atoms with E-state index in [0.717, 1.165) is 10.9 Å². The van der Waals surface area contributed by atoms with Gasteiger partial charge in [0.25, 0.3) is 0 Å². The van der Waals surface area contributed by atoms with Gasteiger partial charge in [-0.2, -0.15) is 10.2 Å². The Labute approximate surface area is 93.5 Å². The number of carboxylic acid groups (broad SMARTS) is 1. The van der Waals surface area contributed by atoms with Gasteiger partial charge in [-0.1, -0.05) is 0 Å². The lowest BCUT2D eigenvalue weighted by Crippen LogP contribution is -2.03. The maximum absolute atomic E-state index is 10.8. The van der Waals surface area contributed by atoms with Gasteiger partial charge in [0.2, 0.25) is 5.69 Å². The zero-order valence-corrected chi connectivity index (χ0v) is 8.22. The molecule has 0 spiro atoms. The van der Waals surface area contributed by atoms with Crippen LogP contribution in [0.1, 0.15) is 10.5 Å². The summed E-state index contributed by atoms with van der Waals surface area (Å²) in [5.41, 5.74) is -1.23. The van der Waals surface area contributed by atoms with E-state index in [1.165, 1.54) is 12.3 Å². The number of hydrogen-bond donors (Lipinski definition) is 1. The number of carboxylic acids is 1. The first-order chi connectivity index (χ1) is 8.09. The second-order valence-electron chi connectivity index (χ2n) is 2.95. The monoisotopic (exact) mass is 235 g/mol. The van der Waals surface area contributed by atoms with Crippen molar-refractivity contribution in [1.82, 2.24) is 20.0 Å². The van der Waals surface area contributed by atoms with Gasteiger partial charge in [0, 0.05) is 6.20 Å². The number of rotatable bonds is 3. The molecule has 0 bridgehead atoms. The number of aromatic nitrogens is 4. The van der Waals surface area contributed by atoms with Gasteiger partial charge < -0.3 is 5.11 Å². The van der Waals surface area contributed by atoms with Crippen molar-refractivity contribution in [3.63, 3.8) is 0 Å². The molecule has 0 radical (unpaired) electrons. The Morgan fingerprint density at radius 2 is 2.29 bits per heavy atom. The quantitative estimate of drug-likeness (QED) is 0.597. The van der Waals surface area contributed by atoms with Crippen molar-refractivity contribution in [1.29, 1.82) is 0 Å². The van der Waals surface area contributed by atoms with E-state index in [2.05, 4.69) is 15.3 Å². The summed E-state index contributed by atoms with van der Waals surface area (Å²) >= 11 is 0. The first kappa shape index (κ1) is 10.7. The molecule has 2 aromatic heterocycles. The van der Waals surface area contributed by atoms with Crippen LogP contribution in [0.3, 0.4) is 0 Å². The van der Waals surface area contributed by atoms with E-state index >= 15 is 0 Å². The largest absolute Gasteiger partial charge is 0.476 e. The van der Waals surface area contributed by atoms with Crippen molar-refractivity contribution < 1.29 is 14.8 Å². The summed E-state index contributed by atoms with van der Waals surface area (Å²) in [5.74, 6) is -1.28. The first-order valence-electron chi connectivity index (χ1n) is 4.35. The van der Waals surface area contributed by atoms with Crippen LogP contribution in [0.5, 0.6) is 0 Å². The summed E-state index contributed by atoms with van der Waals surface area (Å²) in [6.45, 7) is 0. The van der Waals surface area contributed by atoms with Gasteiger partial charge in [-0.05, 0) is 12.1 Å². The molecule has 2 aromatic rings. The normalized spacial score (nSPS) is 10.1. The molecule has 0 fully saturated rings. The van der Waals surface area contributed by atoms with Crippen molar-refractivity contribution in [3.8, 4) is 5.82 Å². The van der Waals surface area contributed by atoms with Crippen molar-refractivity contribution in [2.45, 2.75) is 0 Å². The summed E-state index contributed by atoms with van der Waals surface area (Å²) < 4.78 is 0.995. The van der Waals surface area contributed by atoms with E-state index in [1.807, 2.05) is 0 Å². The molecule has 2 rings (SSSR count). The van der Waals surface area contributed by atoms with Crippen LogP contribution in [0.15, 0.2) is 24.5 Å². The van der Waals surface area contributed by atoms with Crippen LogP contribution in [0, 0.1) is 10.1 Å². The summed E-state index contributed by atoms with van der Waals surface area (Å²) in [6, 6.07) is 3.05. The van der Waals surface area contributed by atoms with Gasteiger partial charge >= 0.3 is 11.7 Å². The molecular formula is C8H5N5O4.